The summed E-state index contributed by atoms with van der Waals surface area (Å²) in [4.78, 5) is 14.6. The molecule has 1 aromatic carbocycles. The van der Waals surface area contributed by atoms with E-state index in [-0.39, 0.29) is 24.2 Å². The van der Waals surface area contributed by atoms with Crippen LogP contribution in [0.3, 0.4) is 0 Å². The minimum atomic E-state index is 0.200. The fourth-order valence-corrected chi connectivity index (χ4v) is 3.66. The Kier molecular flexibility index (Phi) is 5.11. The molecular weight excluding hydrogens is 278 g/mol. The molecule has 4 heteroatoms. The normalized spacial score (nSPS) is 27.7. The van der Waals surface area contributed by atoms with E-state index in [1.54, 1.807) is 7.11 Å². The summed E-state index contributed by atoms with van der Waals surface area (Å²) < 4.78 is 11.3. The third-order valence-corrected chi connectivity index (χ3v) is 4.78. The number of carbonyl (C=O) groups is 1. The van der Waals surface area contributed by atoms with E-state index in [1.807, 2.05) is 18.2 Å². The highest BCUT2D eigenvalue weighted by Gasteiger charge is 2.41. The zero-order valence-electron chi connectivity index (χ0n) is 13.2. The fraction of sp³-hybridized carbons (Fsp3) is 0.611. The lowest BCUT2D eigenvalue weighted by molar-refractivity contribution is -0.138. The number of likely N-dealkylation sites (tertiary alicyclic amines) is 1. The summed E-state index contributed by atoms with van der Waals surface area (Å²) in [5.74, 6) is 0.269. The number of nitrogens with zero attached hydrogens (tertiary/aromatic N) is 1. The molecule has 4 nitrogen and oxygen atoms in total. The van der Waals surface area contributed by atoms with Crippen LogP contribution in [0.1, 0.15) is 31.2 Å². The molecule has 3 rings (SSSR count). The van der Waals surface area contributed by atoms with E-state index in [0.717, 1.165) is 32.2 Å². The van der Waals surface area contributed by atoms with Gasteiger partial charge in [-0.3, -0.25) is 4.79 Å². The maximum atomic E-state index is 12.5. The molecule has 2 heterocycles. The standard InChI is InChI=1S/C18H25NO3/c1-21-13-15-8-9-16-17(22-15)11-12-19(16)18(20)10-7-14-5-3-2-4-6-14/h2-6,15-17H,7-13H2,1H3/t15-,16-,17-/m0/s1. The van der Waals surface area contributed by atoms with Crippen molar-refractivity contribution in [3.63, 3.8) is 0 Å². The van der Waals surface area contributed by atoms with Gasteiger partial charge in [0.15, 0.2) is 0 Å². The van der Waals surface area contributed by atoms with Gasteiger partial charge in [0.2, 0.25) is 5.91 Å². The molecule has 2 fully saturated rings. The molecule has 2 aliphatic heterocycles. The molecule has 1 aromatic rings. The number of fused-ring (bicyclic) bond motifs is 1. The molecule has 0 spiro atoms. The van der Waals surface area contributed by atoms with E-state index in [0.29, 0.717) is 13.0 Å². The minimum Gasteiger partial charge on any atom is -0.382 e. The van der Waals surface area contributed by atoms with Crippen molar-refractivity contribution in [3.8, 4) is 0 Å². The van der Waals surface area contributed by atoms with Crippen molar-refractivity contribution < 1.29 is 14.3 Å². The average molecular weight is 303 g/mol. The summed E-state index contributed by atoms with van der Waals surface area (Å²) in [5, 5.41) is 0. The van der Waals surface area contributed by atoms with Crippen LogP contribution in [0, 0.1) is 0 Å². The van der Waals surface area contributed by atoms with Crippen LogP contribution in [-0.2, 0) is 20.7 Å². The average Bonchev–Trinajstić information content (AvgIpc) is 2.97. The molecule has 2 saturated heterocycles. The van der Waals surface area contributed by atoms with E-state index in [9.17, 15) is 4.79 Å². The molecule has 0 unspecified atom stereocenters. The number of ether oxygens (including phenoxy) is 2. The van der Waals surface area contributed by atoms with E-state index in [2.05, 4.69) is 17.0 Å². The van der Waals surface area contributed by atoms with Crippen LogP contribution in [0.2, 0.25) is 0 Å². The highest BCUT2D eigenvalue weighted by Crippen LogP contribution is 2.32. The van der Waals surface area contributed by atoms with Gasteiger partial charge in [0, 0.05) is 20.1 Å². The SMILES string of the molecule is COC[C@@H]1CC[C@H]2[C@H](CCN2C(=O)CCc2ccccc2)O1. The molecule has 1 amide bonds. The van der Waals surface area contributed by atoms with Gasteiger partial charge in [0.1, 0.15) is 0 Å². The van der Waals surface area contributed by atoms with Crippen molar-refractivity contribution in [2.75, 3.05) is 20.3 Å². The smallest absolute Gasteiger partial charge is 0.223 e. The molecular formula is C18H25NO3. The van der Waals surface area contributed by atoms with E-state index >= 15 is 0 Å². The van der Waals surface area contributed by atoms with Crippen LogP contribution in [0.25, 0.3) is 0 Å². The quantitative estimate of drug-likeness (QED) is 0.838. The van der Waals surface area contributed by atoms with E-state index in [4.69, 9.17) is 9.47 Å². The number of hydrogen-bond donors (Lipinski definition) is 0. The molecule has 0 bridgehead atoms. The summed E-state index contributed by atoms with van der Waals surface area (Å²) in [5.41, 5.74) is 1.23. The van der Waals surface area contributed by atoms with Crippen molar-refractivity contribution in [1.82, 2.24) is 4.90 Å². The maximum absolute atomic E-state index is 12.5. The highest BCUT2D eigenvalue weighted by molar-refractivity contribution is 5.77. The Bertz CT molecular complexity index is 490. The Labute approximate surface area is 132 Å². The first-order valence-electron chi connectivity index (χ1n) is 8.25. The molecule has 0 radical (unpaired) electrons. The third kappa shape index (κ3) is 3.50. The van der Waals surface area contributed by atoms with Crippen molar-refractivity contribution in [3.05, 3.63) is 35.9 Å². The number of benzene rings is 1. The van der Waals surface area contributed by atoms with Gasteiger partial charge in [0.25, 0.3) is 0 Å². The number of methoxy groups -OCH3 is 1. The topological polar surface area (TPSA) is 38.8 Å². The Hall–Kier alpha value is -1.39. The van der Waals surface area contributed by atoms with Gasteiger partial charge in [-0.2, -0.15) is 0 Å². The third-order valence-electron chi connectivity index (χ3n) is 4.78. The lowest BCUT2D eigenvalue weighted by Crippen LogP contribution is -2.45. The highest BCUT2D eigenvalue weighted by atomic mass is 16.5. The number of amides is 1. The van der Waals surface area contributed by atoms with Gasteiger partial charge in [-0.05, 0) is 31.2 Å². The number of rotatable bonds is 5. The van der Waals surface area contributed by atoms with Crippen molar-refractivity contribution in [1.29, 1.82) is 0 Å². The van der Waals surface area contributed by atoms with Crippen molar-refractivity contribution >= 4 is 5.91 Å². The van der Waals surface area contributed by atoms with Crippen LogP contribution in [-0.4, -0.2) is 49.3 Å². The lowest BCUT2D eigenvalue weighted by Gasteiger charge is -2.35. The second-order valence-corrected chi connectivity index (χ2v) is 6.26. The van der Waals surface area contributed by atoms with Gasteiger partial charge in [0.05, 0.1) is 24.9 Å². The lowest BCUT2D eigenvalue weighted by atomic mass is 9.99. The maximum Gasteiger partial charge on any atom is 0.223 e. The molecule has 2 aliphatic rings. The van der Waals surface area contributed by atoms with Crippen LogP contribution in [0.5, 0.6) is 0 Å². The minimum absolute atomic E-state index is 0.200. The van der Waals surface area contributed by atoms with Crippen LogP contribution >= 0.6 is 0 Å². The molecule has 120 valence electrons. The fourth-order valence-electron chi connectivity index (χ4n) is 3.66. The summed E-state index contributed by atoms with van der Waals surface area (Å²) in [6.07, 6.45) is 4.80. The van der Waals surface area contributed by atoms with Gasteiger partial charge < -0.3 is 14.4 Å². The Morgan fingerprint density at radius 3 is 2.86 bits per heavy atom. The summed E-state index contributed by atoms with van der Waals surface area (Å²) in [6, 6.07) is 10.5. The number of carbonyl (C=O) groups excluding carboxylic acids is 1. The summed E-state index contributed by atoms with van der Waals surface area (Å²) >= 11 is 0. The largest absolute Gasteiger partial charge is 0.382 e. The summed E-state index contributed by atoms with van der Waals surface area (Å²) in [7, 11) is 1.71. The van der Waals surface area contributed by atoms with Crippen molar-refractivity contribution in [2.24, 2.45) is 0 Å². The van der Waals surface area contributed by atoms with Gasteiger partial charge in [-0.1, -0.05) is 30.3 Å². The first kappa shape index (κ1) is 15.5. The van der Waals surface area contributed by atoms with Gasteiger partial charge in [-0.15, -0.1) is 0 Å². The monoisotopic (exact) mass is 303 g/mol. The zero-order chi connectivity index (χ0) is 15.4. The Balaban J connectivity index is 1.52. The first-order chi connectivity index (χ1) is 10.8. The summed E-state index contributed by atoms with van der Waals surface area (Å²) in [6.45, 7) is 1.49. The van der Waals surface area contributed by atoms with E-state index in [1.165, 1.54) is 5.56 Å². The predicted molar refractivity (Wildman–Crippen MR) is 84.7 cm³/mol. The van der Waals surface area contributed by atoms with Gasteiger partial charge in [-0.25, -0.2) is 0 Å². The number of hydrogen-bond acceptors (Lipinski definition) is 3. The molecule has 3 atom stereocenters. The first-order valence-corrected chi connectivity index (χ1v) is 8.25. The number of aryl methyl sites for hydroxylation is 1. The van der Waals surface area contributed by atoms with Crippen LogP contribution in [0.15, 0.2) is 30.3 Å². The van der Waals surface area contributed by atoms with Gasteiger partial charge >= 0.3 is 0 Å². The Morgan fingerprint density at radius 2 is 2.09 bits per heavy atom. The Morgan fingerprint density at radius 1 is 1.27 bits per heavy atom. The molecule has 22 heavy (non-hydrogen) atoms. The molecule has 0 aliphatic carbocycles. The zero-order valence-corrected chi connectivity index (χ0v) is 13.2. The second-order valence-electron chi connectivity index (χ2n) is 6.26. The van der Waals surface area contributed by atoms with Crippen LogP contribution < -0.4 is 0 Å². The predicted octanol–water partition coefficient (Wildman–Crippen LogP) is 2.41. The molecule has 0 aromatic heterocycles. The van der Waals surface area contributed by atoms with E-state index < -0.39 is 0 Å². The second kappa shape index (κ2) is 7.25. The molecule has 0 N–H and O–H groups in total. The van der Waals surface area contributed by atoms with Crippen molar-refractivity contribution in [2.45, 2.75) is 50.4 Å². The molecule has 0 saturated carbocycles. The van der Waals surface area contributed by atoms with Crippen LogP contribution in [0.4, 0.5) is 0 Å².